The van der Waals surface area contributed by atoms with Crippen LogP contribution in [0.25, 0.3) is 0 Å². The zero-order valence-electron chi connectivity index (χ0n) is 14.8. The minimum atomic E-state index is 0.112. The minimum absolute atomic E-state index is 0.112. The molecule has 24 heavy (non-hydrogen) atoms. The Morgan fingerprint density at radius 3 is 3.04 bits per heavy atom. The van der Waals surface area contributed by atoms with Gasteiger partial charge in [0.2, 0.25) is 0 Å². The second kappa shape index (κ2) is 6.07. The van der Waals surface area contributed by atoms with Gasteiger partial charge in [-0.2, -0.15) is 0 Å². The van der Waals surface area contributed by atoms with Crippen LogP contribution in [0.15, 0.2) is 24.3 Å². The minimum Gasteiger partial charge on any atom is -0.381 e. The fourth-order valence-electron chi connectivity index (χ4n) is 4.52. The van der Waals surface area contributed by atoms with Crippen LogP contribution in [0.3, 0.4) is 0 Å². The molecule has 0 aromatic heterocycles. The molecule has 4 nitrogen and oxygen atoms in total. The highest BCUT2D eigenvalue weighted by Crippen LogP contribution is 2.49. The number of rotatable bonds is 3. The lowest BCUT2D eigenvalue weighted by atomic mass is 9.87. The number of benzene rings is 1. The summed E-state index contributed by atoms with van der Waals surface area (Å²) in [5, 5.41) is 3.25. The molecule has 130 valence electrons. The van der Waals surface area contributed by atoms with Gasteiger partial charge in [-0.3, -0.25) is 0 Å². The molecule has 4 atom stereocenters. The van der Waals surface area contributed by atoms with Gasteiger partial charge >= 0.3 is 6.03 Å². The number of aryl methyl sites for hydroxylation is 1. The number of nitrogens with zero attached hydrogens (tertiary/aromatic N) is 1. The van der Waals surface area contributed by atoms with Gasteiger partial charge in [-0.05, 0) is 50.5 Å². The van der Waals surface area contributed by atoms with E-state index in [-0.39, 0.29) is 17.5 Å². The van der Waals surface area contributed by atoms with Crippen molar-refractivity contribution in [1.29, 1.82) is 0 Å². The normalized spacial score (nSPS) is 33.0. The quantitative estimate of drug-likeness (QED) is 0.925. The first-order valence-electron chi connectivity index (χ1n) is 9.26. The number of amides is 2. The van der Waals surface area contributed by atoms with E-state index in [1.54, 1.807) is 0 Å². The van der Waals surface area contributed by atoms with Crippen molar-refractivity contribution >= 4 is 6.03 Å². The molecule has 3 aliphatic rings. The van der Waals surface area contributed by atoms with Crippen LogP contribution < -0.4 is 5.32 Å². The van der Waals surface area contributed by atoms with Crippen molar-refractivity contribution in [3.63, 3.8) is 0 Å². The van der Waals surface area contributed by atoms with Gasteiger partial charge in [0.1, 0.15) is 0 Å². The second-order valence-electron chi connectivity index (χ2n) is 8.13. The van der Waals surface area contributed by atoms with E-state index in [1.165, 1.54) is 17.5 Å². The fraction of sp³-hybridized carbons (Fsp3) is 0.650. The molecule has 1 aliphatic carbocycles. The van der Waals surface area contributed by atoms with Crippen LogP contribution in [0.4, 0.5) is 4.79 Å². The highest BCUT2D eigenvalue weighted by Gasteiger charge is 2.45. The monoisotopic (exact) mass is 328 g/mol. The molecular weight excluding hydrogens is 300 g/mol. The third-order valence-electron chi connectivity index (χ3n) is 6.21. The van der Waals surface area contributed by atoms with Crippen LogP contribution in [0, 0.1) is 18.3 Å². The van der Waals surface area contributed by atoms with E-state index in [0.29, 0.717) is 11.8 Å². The molecule has 2 heterocycles. The predicted molar refractivity (Wildman–Crippen MR) is 94.1 cm³/mol. The standard InChI is InChI=1S/C20H28N2O2/c1-14-4-3-5-16(10-14)18-11-17(18)15(2)21-19(23)22-8-6-20(12-22)7-9-24-13-20/h3-5,10,15,17-18H,6-9,11-13H2,1-2H3,(H,21,23)/t15-,17+,18-,20+/m0/s1. The molecule has 1 N–H and O–H groups in total. The maximum atomic E-state index is 12.6. The van der Waals surface area contributed by atoms with Crippen molar-refractivity contribution < 1.29 is 9.53 Å². The molecule has 1 spiro atoms. The van der Waals surface area contributed by atoms with E-state index in [1.807, 2.05) is 4.90 Å². The molecular formula is C20H28N2O2. The number of nitrogens with one attached hydrogen (secondary N) is 1. The van der Waals surface area contributed by atoms with Gasteiger partial charge in [0.15, 0.2) is 0 Å². The topological polar surface area (TPSA) is 41.6 Å². The van der Waals surface area contributed by atoms with Crippen LogP contribution in [0.2, 0.25) is 0 Å². The Kier molecular flexibility index (Phi) is 4.03. The van der Waals surface area contributed by atoms with Gasteiger partial charge in [-0.25, -0.2) is 4.79 Å². The lowest BCUT2D eigenvalue weighted by molar-refractivity contribution is 0.152. The number of urea groups is 1. The van der Waals surface area contributed by atoms with Crippen LogP contribution >= 0.6 is 0 Å². The van der Waals surface area contributed by atoms with Crippen LogP contribution in [-0.2, 0) is 4.74 Å². The lowest BCUT2D eigenvalue weighted by Gasteiger charge is -2.24. The number of carbonyl (C=O) groups is 1. The van der Waals surface area contributed by atoms with Crippen molar-refractivity contribution in [2.24, 2.45) is 11.3 Å². The summed E-state index contributed by atoms with van der Waals surface area (Å²) in [6.07, 6.45) is 3.37. The van der Waals surface area contributed by atoms with Crippen LogP contribution in [-0.4, -0.2) is 43.3 Å². The summed E-state index contributed by atoms with van der Waals surface area (Å²) in [4.78, 5) is 14.6. The summed E-state index contributed by atoms with van der Waals surface area (Å²) in [5.74, 6) is 1.18. The van der Waals surface area contributed by atoms with Crippen molar-refractivity contribution in [2.75, 3.05) is 26.3 Å². The van der Waals surface area contributed by atoms with Crippen molar-refractivity contribution in [2.45, 2.75) is 45.1 Å². The summed E-state index contributed by atoms with van der Waals surface area (Å²) in [6, 6.07) is 9.12. The van der Waals surface area contributed by atoms with Crippen LogP contribution in [0.1, 0.15) is 43.2 Å². The molecule has 0 unspecified atom stereocenters. The van der Waals surface area contributed by atoms with E-state index in [9.17, 15) is 4.79 Å². The van der Waals surface area contributed by atoms with Gasteiger partial charge in [0.25, 0.3) is 0 Å². The summed E-state index contributed by atoms with van der Waals surface area (Å²) in [7, 11) is 0. The van der Waals surface area contributed by atoms with E-state index in [4.69, 9.17) is 4.74 Å². The van der Waals surface area contributed by atoms with E-state index in [0.717, 1.165) is 39.1 Å². The smallest absolute Gasteiger partial charge is 0.317 e. The van der Waals surface area contributed by atoms with E-state index >= 15 is 0 Å². The average molecular weight is 328 g/mol. The molecule has 4 heteroatoms. The van der Waals surface area contributed by atoms with Gasteiger partial charge in [-0.1, -0.05) is 29.8 Å². The third kappa shape index (κ3) is 3.04. The van der Waals surface area contributed by atoms with Crippen molar-refractivity contribution in [3.05, 3.63) is 35.4 Å². The first-order chi connectivity index (χ1) is 11.6. The SMILES string of the molecule is Cc1cccc([C@@H]2C[C@@H]2[C@H](C)NC(=O)N2CC[C@@]3(CCOC3)C2)c1. The predicted octanol–water partition coefficient (Wildman–Crippen LogP) is 3.31. The molecule has 0 bridgehead atoms. The molecule has 2 amide bonds. The van der Waals surface area contributed by atoms with Crippen molar-refractivity contribution in [1.82, 2.24) is 10.2 Å². The first-order valence-corrected chi connectivity index (χ1v) is 9.26. The zero-order valence-corrected chi connectivity index (χ0v) is 14.8. The summed E-state index contributed by atoms with van der Waals surface area (Å²) < 4.78 is 5.55. The maximum absolute atomic E-state index is 12.6. The molecule has 2 aliphatic heterocycles. The molecule has 4 rings (SSSR count). The highest BCUT2D eigenvalue weighted by atomic mass is 16.5. The molecule has 1 saturated carbocycles. The van der Waals surface area contributed by atoms with Gasteiger partial charge in [-0.15, -0.1) is 0 Å². The van der Waals surface area contributed by atoms with Gasteiger partial charge in [0, 0.05) is 31.2 Å². The summed E-state index contributed by atoms with van der Waals surface area (Å²) in [6.45, 7) is 7.70. The Morgan fingerprint density at radius 1 is 1.42 bits per heavy atom. The number of carbonyl (C=O) groups excluding carboxylic acids is 1. The number of likely N-dealkylation sites (tertiary alicyclic amines) is 1. The molecule has 1 aromatic carbocycles. The summed E-state index contributed by atoms with van der Waals surface area (Å²) in [5.41, 5.74) is 2.98. The van der Waals surface area contributed by atoms with Gasteiger partial charge in [0.05, 0.1) is 6.61 Å². The molecule has 2 saturated heterocycles. The third-order valence-corrected chi connectivity index (χ3v) is 6.21. The Balaban J connectivity index is 1.31. The first kappa shape index (κ1) is 15.9. The average Bonchev–Trinajstić information content (AvgIpc) is 3.07. The van der Waals surface area contributed by atoms with Gasteiger partial charge < -0.3 is 15.0 Å². The Morgan fingerprint density at radius 2 is 2.29 bits per heavy atom. The Labute approximate surface area is 144 Å². The Bertz CT molecular complexity index is 624. The molecule has 3 fully saturated rings. The molecule has 0 radical (unpaired) electrons. The largest absolute Gasteiger partial charge is 0.381 e. The van der Waals surface area contributed by atoms with E-state index in [2.05, 4.69) is 43.4 Å². The van der Waals surface area contributed by atoms with Crippen LogP contribution in [0.5, 0.6) is 0 Å². The van der Waals surface area contributed by atoms with E-state index < -0.39 is 0 Å². The Hall–Kier alpha value is -1.55. The summed E-state index contributed by atoms with van der Waals surface area (Å²) >= 11 is 0. The second-order valence-corrected chi connectivity index (χ2v) is 8.13. The highest BCUT2D eigenvalue weighted by molar-refractivity contribution is 5.75. The number of hydrogen-bond donors (Lipinski definition) is 1. The number of hydrogen-bond acceptors (Lipinski definition) is 2. The van der Waals surface area contributed by atoms with Crippen molar-refractivity contribution in [3.8, 4) is 0 Å². The maximum Gasteiger partial charge on any atom is 0.317 e. The zero-order chi connectivity index (χ0) is 16.7. The lowest BCUT2D eigenvalue weighted by Crippen LogP contribution is -2.44. The molecule has 1 aromatic rings. The fourth-order valence-corrected chi connectivity index (χ4v) is 4.52. The number of ether oxygens (including phenoxy) is 1.